The standard InChI is InChI=1S/C10H7NO2.C2H4/c12-11(13)10-7-3-5-8-4-1-2-6-9(8)10;1-2/h1-7H;1-2H2. The quantitative estimate of drug-likeness (QED) is 0.402. The van der Waals surface area contributed by atoms with Crippen molar-refractivity contribution in [1.29, 1.82) is 0 Å². The highest BCUT2D eigenvalue weighted by atomic mass is 16.6. The number of hydrogen-bond donors (Lipinski definition) is 0. The fraction of sp³-hybridized carbons (Fsp3) is 0. The van der Waals surface area contributed by atoms with E-state index in [1.165, 1.54) is 6.07 Å². The molecule has 2 aromatic carbocycles. The normalized spacial score (nSPS) is 9.07. The second-order valence-electron chi connectivity index (χ2n) is 2.76. The number of nitrogens with zero attached hydrogens (tertiary/aromatic N) is 1. The number of nitro benzene ring substituents is 1. The Balaban J connectivity index is 0.000000531. The molecule has 2 aromatic rings. The largest absolute Gasteiger partial charge is 0.277 e. The lowest BCUT2D eigenvalue weighted by atomic mass is 10.1. The Kier molecular flexibility index (Phi) is 3.57. The van der Waals surface area contributed by atoms with Crippen LogP contribution in [0.4, 0.5) is 5.69 Å². The lowest BCUT2D eigenvalue weighted by Crippen LogP contribution is -1.88. The lowest BCUT2D eigenvalue weighted by molar-refractivity contribution is -0.383. The fourth-order valence-corrected chi connectivity index (χ4v) is 1.37. The molecule has 0 aliphatic heterocycles. The summed E-state index contributed by atoms with van der Waals surface area (Å²) in [6, 6.07) is 12.4. The van der Waals surface area contributed by atoms with Gasteiger partial charge in [0.1, 0.15) is 0 Å². The van der Waals surface area contributed by atoms with Crippen LogP contribution in [0.15, 0.2) is 55.6 Å². The molecule has 2 rings (SSSR count). The van der Waals surface area contributed by atoms with E-state index in [2.05, 4.69) is 13.2 Å². The van der Waals surface area contributed by atoms with Crippen LogP contribution in [-0.2, 0) is 0 Å². The van der Waals surface area contributed by atoms with E-state index in [-0.39, 0.29) is 10.6 Å². The van der Waals surface area contributed by atoms with Gasteiger partial charge in [-0.2, -0.15) is 0 Å². The molecule has 0 aliphatic carbocycles. The molecule has 0 unspecified atom stereocenters. The Labute approximate surface area is 87.8 Å². The summed E-state index contributed by atoms with van der Waals surface area (Å²) in [6.07, 6.45) is 0. The summed E-state index contributed by atoms with van der Waals surface area (Å²) in [5.41, 5.74) is 0.165. The van der Waals surface area contributed by atoms with E-state index in [4.69, 9.17) is 0 Å². The molecule has 3 heteroatoms. The van der Waals surface area contributed by atoms with Gasteiger partial charge in [0.05, 0.1) is 10.3 Å². The van der Waals surface area contributed by atoms with Crippen molar-refractivity contribution in [1.82, 2.24) is 0 Å². The van der Waals surface area contributed by atoms with Crippen molar-refractivity contribution in [3.05, 3.63) is 65.7 Å². The first kappa shape index (κ1) is 10.9. The van der Waals surface area contributed by atoms with Gasteiger partial charge in [-0.15, -0.1) is 13.2 Å². The zero-order valence-electron chi connectivity index (χ0n) is 8.22. The summed E-state index contributed by atoms with van der Waals surface area (Å²) in [7, 11) is 0. The van der Waals surface area contributed by atoms with Gasteiger partial charge in [0.2, 0.25) is 0 Å². The third-order valence-corrected chi connectivity index (χ3v) is 1.96. The fourth-order valence-electron chi connectivity index (χ4n) is 1.37. The Bertz CT molecular complexity index is 475. The van der Waals surface area contributed by atoms with Crippen molar-refractivity contribution in [2.75, 3.05) is 0 Å². The predicted octanol–water partition coefficient (Wildman–Crippen LogP) is 3.55. The van der Waals surface area contributed by atoms with Crippen LogP contribution >= 0.6 is 0 Å². The zero-order valence-corrected chi connectivity index (χ0v) is 8.22. The summed E-state index contributed by atoms with van der Waals surface area (Å²) in [4.78, 5) is 10.3. The maximum atomic E-state index is 10.6. The van der Waals surface area contributed by atoms with E-state index in [0.29, 0.717) is 5.39 Å². The highest BCUT2D eigenvalue weighted by Gasteiger charge is 2.08. The van der Waals surface area contributed by atoms with E-state index in [9.17, 15) is 10.1 Å². The van der Waals surface area contributed by atoms with Crippen LogP contribution in [0.25, 0.3) is 10.8 Å². The predicted molar refractivity (Wildman–Crippen MR) is 61.9 cm³/mol. The van der Waals surface area contributed by atoms with Gasteiger partial charge in [-0.05, 0) is 11.5 Å². The Hall–Kier alpha value is -2.16. The van der Waals surface area contributed by atoms with Gasteiger partial charge in [0.25, 0.3) is 5.69 Å². The summed E-state index contributed by atoms with van der Waals surface area (Å²) >= 11 is 0. The van der Waals surface area contributed by atoms with Gasteiger partial charge in [-0.25, -0.2) is 0 Å². The summed E-state index contributed by atoms with van der Waals surface area (Å²) in [6.45, 7) is 6.00. The Morgan fingerprint density at radius 1 is 1.00 bits per heavy atom. The third kappa shape index (κ3) is 2.20. The summed E-state index contributed by atoms with van der Waals surface area (Å²) < 4.78 is 0. The number of non-ortho nitro benzene ring substituents is 1. The van der Waals surface area contributed by atoms with Gasteiger partial charge in [0, 0.05) is 6.07 Å². The molecular weight excluding hydrogens is 190 g/mol. The van der Waals surface area contributed by atoms with E-state index in [1.807, 2.05) is 18.2 Å². The van der Waals surface area contributed by atoms with Gasteiger partial charge >= 0.3 is 0 Å². The molecule has 0 saturated heterocycles. The van der Waals surface area contributed by atoms with Crippen molar-refractivity contribution in [3.63, 3.8) is 0 Å². The number of nitro groups is 1. The molecule has 0 bridgehead atoms. The molecule has 0 aliphatic rings. The topological polar surface area (TPSA) is 43.1 Å². The van der Waals surface area contributed by atoms with Crippen LogP contribution in [0, 0.1) is 10.1 Å². The minimum Gasteiger partial charge on any atom is -0.258 e. The van der Waals surface area contributed by atoms with Gasteiger partial charge in [-0.1, -0.05) is 30.3 Å². The van der Waals surface area contributed by atoms with Crippen LogP contribution in [0.1, 0.15) is 0 Å². The van der Waals surface area contributed by atoms with E-state index in [0.717, 1.165) is 5.39 Å². The Morgan fingerprint density at radius 2 is 1.60 bits per heavy atom. The van der Waals surface area contributed by atoms with Crippen LogP contribution < -0.4 is 0 Å². The third-order valence-electron chi connectivity index (χ3n) is 1.96. The van der Waals surface area contributed by atoms with Crippen LogP contribution in [0.5, 0.6) is 0 Å². The average molecular weight is 201 g/mol. The van der Waals surface area contributed by atoms with Crippen molar-refractivity contribution < 1.29 is 4.92 Å². The summed E-state index contributed by atoms with van der Waals surface area (Å²) in [5.74, 6) is 0. The second kappa shape index (κ2) is 4.91. The summed E-state index contributed by atoms with van der Waals surface area (Å²) in [5, 5.41) is 12.2. The smallest absolute Gasteiger partial charge is 0.258 e. The lowest BCUT2D eigenvalue weighted by Gasteiger charge is -1.97. The molecule has 76 valence electrons. The van der Waals surface area contributed by atoms with Gasteiger partial charge < -0.3 is 0 Å². The van der Waals surface area contributed by atoms with Crippen molar-refractivity contribution in [2.45, 2.75) is 0 Å². The van der Waals surface area contributed by atoms with Crippen LogP contribution in [0.2, 0.25) is 0 Å². The number of benzene rings is 2. The monoisotopic (exact) mass is 201 g/mol. The van der Waals surface area contributed by atoms with E-state index < -0.39 is 0 Å². The highest BCUT2D eigenvalue weighted by Crippen LogP contribution is 2.24. The van der Waals surface area contributed by atoms with Crippen molar-refractivity contribution in [2.24, 2.45) is 0 Å². The second-order valence-corrected chi connectivity index (χ2v) is 2.76. The first-order valence-electron chi connectivity index (χ1n) is 4.41. The maximum Gasteiger partial charge on any atom is 0.277 e. The average Bonchev–Trinajstić information content (AvgIpc) is 2.31. The number of rotatable bonds is 1. The number of fused-ring (bicyclic) bond motifs is 1. The first-order chi connectivity index (χ1) is 7.29. The molecule has 0 N–H and O–H groups in total. The molecule has 0 aromatic heterocycles. The maximum absolute atomic E-state index is 10.6. The van der Waals surface area contributed by atoms with Gasteiger partial charge in [-0.3, -0.25) is 10.1 Å². The molecule has 0 amide bonds. The number of hydrogen-bond acceptors (Lipinski definition) is 2. The van der Waals surface area contributed by atoms with Crippen LogP contribution in [-0.4, -0.2) is 4.92 Å². The molecule has 0 atom stereocenters. The molecule has 15 heavy (non-hydrogen) atoms. The Morgan fingerprint density at radius 3 is 2.27 bits per heavy atom. The van der Waals surface area contributed by atoms with Crippen molar-refractivity contribution in [3.8, 4) is 0 Å². The molecule has 0 radical (unpaired) electrons. The first-order valence-corrected chi connectivity index (χ1v) is 4.41. The molecule has 0 spiro atoms. The highest BCUT2D eigenvalue weighted by molar-refractivity contribution is 5.90. The van der Waals surface area contributed by atoms with E-state index in [1.54, 1.807) is 18.2 Å². The van der Waals surface area contributed by atoms with Crippen molar-refractivity contribution >= 4 is 16.5 Å². The molecule has 3 nitrogen and oxygen atoms in total. The minimum atomic E-state index is -0.359. The van der Waals surface area contributed by atoms with Gasteiger partial charge in [0.15, 0.2) is 0 Å². The molecule has 0 heterocycles. The minimum absolute atomic E-state index is 0.165. The SMILES string of the molecule is C=C.O=[N+]([O-])c1cccc2ccccc12. The van der Waals surface area contributed by atoms with Crippen LogP contribution in [0.3, 0.4) is 0 Å². The molecule has 0 saturated carbocycles. The zero-order chi connectivity index (χ0) is 11.3. The van der Waals surface area contributed by atoms with E-state index >= 15 is 0 Å². The molecule has 0 fully saturated rings. The molecular formula is C12H11NO2.